The van der Waals surface area contributed by atoms with Crippen molar-refractivity contribution in [1.82, 2.24) is 5.32 Å². The number of rotatable bonds is 6. The van der Waals surface area contributed by atoms with Gasteiger partial charge in [0.15, 0.2) is 0 Å². The van der Waals surface area contributed by atoms with E-state index in [1.54, 1.807) is 0 Å². The summed E-state index contributed by atoms with van der Waals surface area (Å²) in [4.78, 5) is 0. The van der Waals surface area contributed by atoms with Crippen molar-refractivity contribution < 1.29 is 0 Å². The molecule has 1 nitrogen and oxygen atoms in total. The molecule has 0 heterocycles. The molecule has 0 spiro atoms. The van der Waals surface area contributed by atoms with E-state index in [0.717, 1.165) is 11.5 Å². The van der Waals surface area contributed by atoms with Gasteiger partial charge < -0.3 is 5.32 Å². The molecule has 2 aromatic carbocycles. The van der Waals surface area contributed by atoms with Gasteiger partial charge in [-0.05, 0) is 32.0 Å². The molecule has 2 heteroatoms. The monoisotopic (exact) mass is 285 g/mol. The van der Waals surface area contributed by atoms with Crippen molar-refractivity contribution in [3.8, 4) is 0 Å². The van der Waals surface area contributed by atoms with E-state index in [-0.39, 0.29) is 0 Å². The largest absolute Gasteiger partial charge is 0.312 e. The van der Waals surface area contributed by atoms with Crippen LogP contribution in [0.5, 0.6) is 0 Å². The van der Waals surface area contributed by atoms with Gasteiger partial charge in [-0.2, -0.15) is 11.8 Å². The Labute approximate surface area is 126 Å². The zero-order valence-corrected chi connectivity index (χ0v) is 13.3. The molecule has 20 heavy (non-hydrogen) atoms. The lowest BCUT2D eigenvalue weighted by atomic mass is 10.0. The Morgan fingerprint density at radius 3 is 2.25 bits per heavy atom. The second-order valence-electron chi connectivity index (χ2n) is 5.26. The van der Waals surface area contributed by atoms with Gasteiger partial charge in [0.1, 0.15) is 0 Å². The molecule has 0 aliphatic heterocycles. The Morgan fingerprint density at radius 1 is 1.00 bits per heavy atom. The minimum atomic E-state index is 0.419. The summed E-state index contributed by atoms with van der Waals surface area (Å²) < 4.78 is 0. The minimum Gasteiger partial charge on any atom is -0.312 e. The zero-order valence-electron chi connectivity index (χ0n) is 12.5. The summed E-state index contributed by atoms with van der Waals surface area (Å²) in [6, 6.07) is 17.9. The molecular formula is C18H23NS. The molecule has 0 saturated carbocycles. The van der Waals surface area contributed by atoms with E-state index < -0.39 is 0 Å². The van der Waals surface area contributed by atoms with Gasteiger partial charge in [-0.15, -0.1) is 0 Å². The summed E-state index contributed by atoms with van der Waals surface area (Å²) in [6.45, 7) is 4.33. The second kappa shape index (κ2) is 7.51. The number of hydrogen-bond acceptors (Lipinski definition) is 2. The lowest BCUT2D eigenvalue weighted by Gasteiger charge is -2.17. The van der Waals surface area contributed by atoms with Gasteiger partial charge in [0.25, 0.3) is 0 Å². The maximum absolute atomic E-state index is 3.44. The summed E-state index contributed by atoms with van der Waals surface area (Å²) in [5.41, 5.74) is 5.47. The first-order chi connectivity index (χ1) is 9.69. The summed E-state index contributed by atoms with van der Waals surface area (Å²) >= 11 is 1.98. The van der Waals surface area contributed by atoms with Gasteiger partial charge >= 0.3 is 0 Å². The van der Waals surface area contributed by atoms with Gasteiger partial charge in [0.2, 0.25) is 0 Å². The van der Waals surface area contributed by atoms with Crippen LogP contribution in [0.25, 0.3) is 0 Å². The van der Waals surface area contributed by atoms with Crippen LogP contribution in [0.3, 0.4) is 0 Å². The molecule has 0 amide bonds. The molecule has 2 rings (SSSR count). The van der Waals surface area contributed by atoms with Crippen molar-refractivity contribution in [2.24, 2.45) is 0 Å². The third-order valence-electron chi connectivity index (χ3n) is 3.39. The average Bonchev–Trinajstić information content (AvgIpc) is 2.43. The van der Waals surface area contributed by atoms with Crippen LogP contribution in [-0.4, -0.2) is 12.8 Å². The molecule has 106 valence electrons. The van der Waals surface area contributed by atoms with Crippen LogP contribution in [0.4, 0.5) is 0 Å². The van der Waals surface area contributed by atoms with Crippen molar-refractivity contribution in [2.75, 3.05) is 12.8 Å². The first kappa shape index (κ1) is 15.1. The Bertz CT molecular complexity index is 516. The summed E-state index contributed by atoms with van der Waals surface area (Å²) in [7, 11) is 2.05. The second-order valence-corrected chi connectivity index (χ2v) is 6.29. The third kappa shape index (κ3) is 4.39. The highest BCUT2D eigenvalue weighted by Crippen LogP contribution is 2.22. The maximum atomic E-state index is 3.44. The van der Waals surface area contributed by atoms with Crippen LogP contribution in [-0.2, 0) is 5.75 Å². The van der Waals surface area contributed by atoms with Crippen LogP contribution in [0.15, 0.2) is 48.5 Å². The Morgan fingerprint density at radius 2 is 1.65 bits per heavy atom. The molecule has 1 unspecified atom stereocenters. The minimum absolute atomic E-state index is 0.419. The van der Waals surface area contributed by atoms with Gasteiger partial charge in [-0.3, -0.25) is 0 Å². The molecule has 2 aromatic rings. The normalized spacial score (nSPS) is 12.3. The van der Waals surface area contributed by atoms with Crippen molar-refractivity contribution in [3.63, 3.8) is 0 Å². The Kier molecular flexibility index (Phi) is 5.69. The van der Waals surface area contributed by atoms with Gasteiger partial charge in [-0.25, -0.2) is 0 Å². The number of nitrogens with one attached hydrogen (secondary N) is 1. The van der Waals surface area contributed by atoms with Crippen molar-refractivity contribution in [2.45, 2.75) is 25.6 Å². The third-order valence-corrected chi connectivity index (χ3v) is 4.50. The highest BCUT2D eigenvalue weighted by Gasteiger charge is 2.10. The lowest BCUT2D eigenvalue weighted by Crippen LogP contribution is -2.19. The van der Waals surface area contributed by atoms with Crippen LogP contribution < -0.4 is 5.32 Å². The van der Waals surface area contributed by atoms with Crippen LogP contribution in [0, 0.1) is 13.8 Å². The van der Waals surface area contributed by atoms with Gasteiger partial charge in [0, 0.05) is 17.5 Å². The topological polar surface area (TPSA) is 12.0 Å². The van der Waals surface area contributed by atoms with Crippen molar-refractivity contribution >= 4 is 11.8 Å². The zero-order chi connectivity index (χ0) is 14.4. The molecule has 0 bridgehead atoms. The van der Waals surface area contributed by atoms with E-state index in [2.05, 4.69) is 67.7 Å². The molecule has 1 N–H and O–H groups in total. The number of thioether (sulfide) groups is 1. The first-order valence-electron chi connectivity index (χ1n) is 7.06. The predicted molar refractivity (Wildman–Crippen MR) is 90.3 cm³/mol. The molecule has 0 aliphatic carbocycles. The van der Waals surface area contributed by atoms with Crippen LogP contribution in [0.2, 0.25) is 0 Å². The lowest BCUT2D eigenvalue weighted by molar-refractivity contribution is 0.660. The highest BCUT2D eigenvalue weighted by molar-refractivity contribution is 7.98. The fraction of sp³-hybridized carbons (Fsp3) is 0.333. The van der Waals surface area contributed by atoms with E-state index in [1.165, 1.54) is 22.3 Å². The number of benzene rings is 2. The summed E-state index contributed by atoms with van der Waals surface area (Å²) in [6.07, 6.45) is 0. The first-order valence-corrected chi connectivity index (χ1v) is 8.21. The van der Waals surface area contributed by atoms with Gasteiger partial charge in [0.05, 0.1) is 0 Å². The molecule has 0 fully saturated rings. The fourth-order valence-corrected chi connectivity index (χ4v) is 3.57. The summed E-state index contributed by atoms with van der Waals surface area (Å²) in [5, 5.41) is 3.44. The highest BCUT2D eigenvalue weighted by atomic mass is 32.2. The van der Waals surface area contributed by atoms with E-state index in [9.17, 15) is 0 Å². The standard InChI is InChI=1S/C18H23NS/c1-14-9-15(2)11-17(10-14)18(19-3)13-20-12-16-7-5-4-6-8-16/h4-11,18-19H,12-13H2,1-3H3. The van der Waals surface area contributed by atoms with Crippen LogP contribution in [0.1, 0.15) is 28.3 Å². The number of hydrogen-bond donors (Lipinski definition) is 1. The molecule has 0 saturated heterocycles. The van der Waals surface area contributed by atoms with Crippen LogP contribution >= 0.6 is 11.8 Å². The predicted octanol–water partition coefficient (Wildman–Crippen LogP) is 4.50. The molecule has 0 aliphatic rings. The molecule has 1 atom stereocenters. The SMILES string of the molecule is CNC(CSCc1ccccc1)c1cc(C)cc(C)c1. The quantitative estimate of drug-likeness (QED) is 0.839. The smallest absolute Gasteiger partial charge is 0.0409 e. The maximum Gasteiger partial charge on any atom is 0.0409 e. The molecule has 0 radical (unpaired) electrons. The van der Waals surface area contributed by atoms with E-state index in [4.69, 9.17) is 0 Å². The molecule has 0 aromatic heterocycles. The van der Waals surface area contributed by atoms with Gasteiger partial charge in [-0.1, -0.05) is 59.7 Å². The fourth-order valence-electron chi connectivity index (χ4n) is 2.43. The van der Waals surface area contributed by atoms with Crippen molar-refractivity contribution in [3.05, 3.63) is 70.8 Å². The van der Waals surface area contributed by atoms with E-state index in [0.29, 0.717) is 6.04 Å². The average molecular weight is 285 g/mol. The van der Waals surface area contributed by atoms with Crippen molar-refractivity contribution in [1.29, 1.82) is 0 Å². The Hall–Kier alpha value is -1.25. The number of aryl methyl sites for hydroxylation is 2. The van der Waals surface area contributed by atoms with E-state index in [1.807, 2.05) is 18.8 Å². The summed E-state index contributed by atoms with van der Waals surface area (Å²) in [5.74, 6) is 2.16. The Balaban J connectivity index is 1.95. The molecular weight excluding hydrogens is 262 g/mol. The van der Waals surface area contributed by atoms with E-state index >= 15 is 0 Å².